The van der Waals surface area contributed by atoms with Crippen LogP contribution < -0.4 is 0 Å². The summed E-state index contributed by atoms with van der Waals surface area (Å²) in [7, 11) is 0. The van der Waals surface area contributed by atoms with E-state index in [-0.39, 0.29) is 0 Å². The van der Waals surface area contributed by atoms with Gasteiger partial charge >= 0.3 is 0 Å². The van der Waals surface area contributed by atoms with Crippen molar-refractivity contribution in [1.29, 1.82) is 0 Å². The second-order valence-electron chi connectivity index (χ2n) is 6.38. The van der Waals surface area contributed by atoms with Gasteiger partial charge in [-0.25, -0.2) is 0 Å². The lowest BCUT2D eigenvalue weighted by molar-refractivity contribution is 0.111. The van der Waals surface area contributed by atoms with Crippen LogP contribution in [0.15, 0.2) is 61.7 Å². The SMILES string of the molecule is C=CCN(CC=C)CC(O)Cn1c2ccc(I)cc2c2cc(I)ccc21. The molecule has 0 fully saturated rings. The maximum Gasteiger partial charge on any atom is 0.0846 e. The fraction of sp³-hybridized carbons (Fsp3) is 0.238. The maximum atomic E-state index is 10.7. The number of fused-ring (bicyclic) bond motifs is 3. The molecule has 26 heavy (non-hydrogen) atoms. The number of aliphatic hydroxyl groups is 1. The molecule has 3 nitrogen and oxygen atoms in total. The second-order valence-corrected chi connectivity index (χ2v) is 8.87. The van der Waals surface area contributed by atoms with Gasteiger partial charge in [-0.1, -0.05) is 12.2 Å². The Bertz CT molecular complexity index is 879. The smallest absolute Gasteiger partial charge is 0.0846 e. The molecule has 0 radical (unpaired) electrons. The number of nitrogens with zero attached hydrogens (tertiary/aromatic N) is 2. The lowest BCUT2D eigenvalue weighted by Crippen LogP contribution is -2.35. The van der Waals surface area contributed by atoms with Crippen LogP contribution in [0.25, 0.3) is 21.8 Å². The van der Waals surface area contributed by atoms with E-state index in [1.165, 1.54) is 28.9 Å². The summed E-state index contributed by atoms with van der Waals surface area (Å²) in [6, 6.07) is 13.0. The zero-order chi connectivity index (χ0) is 18.7. The molecule has 2 aromatic carbocycles. The summed E-state index contributed by atoms with van der Waals surface area (Å²) in [5.74, 6) is 0. The number of benzene rings is 2. The predicted octanol–water partition coefficient (Wildman–Crippen LogP) is 5.04. The monoisotopic (exact) mass is 572 g/mol. The minimum atomic E-state index is -0.466. The summed E-state index contributed by atoms with van der Waals surface area (Å²) < 4.78 is 4.68. The van der Waals surface area contributed by atoms with Crippen LogP contribution in [0.1, 0.15) is 0 Å². The van der Waals surface area contributed by atoms with Crippen molar-refractivity contribution >= 4 is 67.0 Å². The molecule has 1 aromatic heterocycles. The van der Waals surface area contributed by atoms with E-state index in [2.05, 4.69) is 104 Å². The molecule has 3 aromatic rings. The van der Waals surface area contributed by atoms with Gasteiger partial charge in [0.2, 0.25) is 0 Å². The van der Waals surface area contributed by atoms with Crippen molar-refractivity contribution in [3.8, 4) is 0 Å². The number of hydrogen-bond acceptors (Lipinski definition) is 2. The average molecular weight is 572 g/mol. The standard InChI is InChI=1S/C21H22I2N2O/c1-3-9-24(10-4-2)13-17(26)14-25-20-7-5-15(22)11-18(20)19-12-16(23)6-8-21(19)25/h3-8,11-12,17,26H,1-2,9-10,13-14H2. The Morgan fingerprint density at radius 3 is 1.92 bits per heavy atom. The van der Waals surface area contributed by atoms with E-state index in [9.17, 15) is 5.11 Å². The number of hydrogen-bond donors (Lipinski definition) is 1. The van der Waals surface area contributed by atoms with Crippen LogP contribution in [0.2, 0.25) is 0 Å². The van der Waals surface area contributed by atoms with E-state index in [4.69, 9.17) is 0 Å². The molecule has 0 amide bonds. The molecule has 136 valence electrons. The zero-order valence-corrected chi connectivity index (χ0v) is 18.9. The van der Waals surface area contributed by atoms with Crippen molar-refractivity contribution in [3.63, 3.8) is 0 Å². The summed E-state index contributed by atoms with van der Waals surface area (Å²) in [6.07, 6.45) is 3.26. The number of rotatable bonds is 8. The third kappa shape index (κ3) is 4.32. The van der Waals surface area contributed by atoms with Gasteiger partial charge in [0.05, 0.1) is 12.6 Å². The highest BCUT2D eigenvalue weighted by Crippen LogP contribution is 2.31. The third-order valence-corrected chi connectivity index (χ3v) is 5.77. The van der Waals surface area contributed by atoms with Crippen LogP contribution >= 0.6 is 45.2 Å². The molecule has 0 aliphatic rings. The van der Waals surface area contributed by atoms with Crippen molar-refractivity contribution < 1.29 is 5.11 Å². The molecule has 1 atom stereocenters. The average Bonchev–Trinajstić information content (AvgIpc) is 2.88. The first-order valence-corrected chi connectivity index (χ1v) is 10.7. The summed E-state index contributed by atoms with van der Waals surface area (Å²) >= 11 is 4.70. The molecule has 1 unspecified atom stereocenters. The number of aromatic nitrogens is 1. The van der Waals surface area contributed by atoms with Crippen molar-refractivity contribution in [2.24, 2.45) is 0 Å². The van der Waals surface area contributed by atoms with Crippen LogP contribution in [0.3, 0.4) is 0 Å². The van der Waals surface area contributed by atoms with Crippen LogP contribution in [-0.4, -0.2) is 40.3 Å². The number of aliphatic hydroxyl groups excluding tert-OH is 1. The van der Waals surface area contributed by atoms with E-state index >= 15 is 0 Å². The molecule has 5 heteroatoms. The molecule has 1 heterocycles. The van der Waals surface area contributed by atoms with Crippen LogP contribution in [0.4, 0.5) is 0 Å². The molecule has 0 aliphatic carbocycles. The minimum Gasteiger partial charge on any atom is -0.390 e. The highest BCUT2D eigenvalue weighted by molar-refractivity contribution is 14.1. The van der Waals surface area contributed by atoms with Crippen LogP contribution in [0.5, 0.6) is 0 Å². The van der Waals surface area contributed by atoms with Gasteiger partial charge in [0.1, 0.15) is 0 Å². The minimum absolute atomic E-state index is 0.466. The molecule has 0 aliphatic heterocycles. The Morgan fingerprint density at radius 1 is 0.962 bits per heavy atom. The molecular weight excluding hydrogens is 550 g/mol. The van der Waals surface area contributed by atoms with Gasteiger partial charge in [0.15, 0.2) is 0 Å². The summed E-state index contributed by atoms with van der Waals surface area (Å²) in [5, 5.41) is 13.2. The maximum absolute atomic E-state index is 10.7. The van der Waals surface area contributed by atoms with Gasteiger partial charge in [-0.3, -0.25) is 4.90 Å². The van der Waals surface area contributed by atoms with Gasteiger partial charge in [-0.2, -0.15) is 0 Å². The first-order chi connectivity index (χ1) is 12.5. The van der Waals surface area contributed by atoms with Gasteiger partial charge in [0.25, 0.3) is 0 Å². The highest BCUT2D eigenvalue weighted by Gasteiger charge is 2.16. The molecular formula is C21H22I2N2O. The van der Waals surface area contributed by atoms with Crippen molar-refractivity contribution in [3.05, 3.63) is 68.8 Å². The van der Waals surface area contributed by atoms with Gasteiger partial charge in [-0.05, 0) is 81.6 Å². The van der Waals surface area contributed by atoms with Gasteiger partial charge < -0.3 is 9.67 Å². The van der Waals surface area contributed by atoms with Crippen LogP contribution in [0, 0.1) is 7.14 Å². The summed E-state index contributed by atoms with van der Waals surface area (Å²) in [6.45, 7) is 10.2. The fourth-order valence-electron chi connectivity index (χ4n) is 3.40. The van der Waals surface area contributed by atoms with Crippen molar-refractivity contribution in [2.75, 3.05) is 19.6 Å². The van der Waals surface area contributed by atoms with E-state index < -0.39 is 6.10 Å². The molecule has 0 spiro atoms. The molecule has 1 N–H and O–H groups in total. The predicted molar refractivity (Wildman–Crippen MR) is 128 cm³/mol. The zero-order valence-electron chi connectivity index (χ0n) is 14.5. The summed E-state index contributed by atoms with van der Waals surface area (Å²) in [4.78, 5) is 2.14. The quantitative estimate of drug-likeness (QED) is 0.303. The molecule has 0 saturated carbocycles. The van der Waals surface area contributed by atoms with Crippen molar-refractivity contribution in [1.82, 2.24) is 9.47 Å². The second kappa shape index (κ2) is 8.86. The van der Waals surface area contributed by atoms with Crippen molar-refractivity contribution in [2.45, 2.75) is 12.6 Å². The van der Waals surface area contributed by atoms with E-state index in [0.29, 0.717) is 13.1 Å². The third-order valence-electron chi connectivity index (χ3n) is 4.43. The normalized spacial score (nSPS) is 12.8. The van der Waals surface area contributed by atoms with E-state index in [0.717, 1.165) is 13.1 Å². The summed E-state index contributed by atoms with van der Waals surface area (Å²) in [5.41, 5.74) is 2.33. The van der Waals surface area contributed by atoms with E-state index in [1.807, 2.05) is 12.2 Å². The molecule has 0 bridgehead atoms. The topological polar surface area (TPSA) is 28.4 Å². The van der Waals surface area contributed by atoms with Gasteiger partial charge in [-0.15, -0.1) is 13.2 Å². The first kappa shape index (κ1) is 19.9. The Labute approximate surface area is 181 Å². The molecule has 3 rings (SSSR count). The first-order valence-electron chi connectivity index (χ1n) is 8.52. The lowest BCUT2D eigenvalue weighted by atomic mass is 10.2. The highest BCUT2D eigenvalue weighted by atomic mass is 127. The van der Waals surface area contributed by atoms with Gasteiger partial charge in [0, 0.05) is 48.6 Å². The lowest BCUT2D eigenvalue weighted by Gasteiger charge is -2.23. The van der Waals surface area contributed by atoms with Crippen LogP contribution in [-0.2, 0) is 6.54 Å². The van der Waals surface area contributed by atoms with E-state index in [1.54, 1.807) is 0 Å². The Balaban J connectivity index is 1.98. The number of halogens is 2. The Kier molecular flexibility index (Phi) is 6.76. The fourth-order valence-corrected chi connectivity index (χ4v) is 4.38. The largest absolute Gasteiger partial charge is 0.390 e. The Morgan fingerprint density at radius 2 is 1.46 bits per heavy atom. The molecule has 0 saturated heterocycles. The Hall–Kier alpha value is -0.900.